The number of anilines is 3. The van der Waals surface area contributed by atoms with Crippen LogP contribution in [0.2, 0.25) is 0 Å². The summed E-state index contributed by atoms with van der Waals surface area (Å²) in [5.74, 6) is 3.17. The van der Waals surface area contributed by atoms with Crippen molar-refractivity contribution in [2.24, 2.45) is 5.92 Å². The molecule has 0 bridgehead atoms. The first-order chi connectivity index (χ1) is 10.8. The van der Waals surface area contributed by atoms with Crippen LogP contribution in [0.4, 0.5) is 17.5 Å². The molecule has 1 aliphatic heterocycles. The maximum absolute atomic E-state index is 5.35. The zero-order chi connectivity index (χ0) is 15.4. The Morgan fingerprint density at radius 1 is 1.18 bits per heavy atom. The van der Waals surface area contributed by atoms with Crippen molar-refractivity contribution in [1.82, 2.24) is 9.97 Å². The molecule has 1 saturated heterocycles. The highest BCUT2D eigenvalue weighted by Gasteiger charge is 2.17. The molecule has 0 unspecified atom stereocenters. The van der Waals surface area contributed by atoms with Crippen LogP contribution in [-0.2, 0) is 0 Å². The molecule has 1 aliphatic rings. The van der Waals surface area contributed by atoms with E-state index in [9.17, 15) is 0 Å². The fraction of sp³-hybridized carbons (Fsp3) is 0.412. The van der Waals surface area contributed by atoms with Gasteiger partial charge in [0.15, 0.2) is 0 Å². The quantitative estimate of drug-likeness (QED) is 0.936. The van der Waals surface area contributed by atoms with Crippen LogP contribution in [0.5, 0.6) is 5.75 Å². The Labute approximate surface area is 131 Å². The summed E-state index contributed by atoms with van der Waals surface area (Å²) in [5.41, 5.74) is 0.870. The van der Waals surface area contributed by atoms with Crippen LogP contribution in [0.25, 0.3) is 0 Å². The summed E-state index contributed by atoms with van der Waals surface area (Å²) in [6.45, 7) is 4.44. The van der Waals surface area contributed by atoms with E-state index in [-0.39, 0.29) is 0 Å². The average Bonchev–Trinajstić information content (AvgIpc) is 2.56. The van der Waals surface area contributed by atoms with E-state index in [2.05, 4.69) is 27.1 Å². The van der Waals surface area contributed by atoms with Crippen molar-refractivity contribution in [1.29, 1.82) is 0 Å². The summed E-state index contributed by atoms with van der Waals surface area (Å²) in [6, 6.07) is 9.75. The molecule has 0 aliphatic carbocycles. The van der Waals surface area contributed by atoms with Gasteiger partial charge in [0.1, 0.15) is 11.6 Å². The van der Waals surface area contributed by atoms with Crippen molar-refractivity contribution in [2.45, 2.75) is 19.8 Å². The monoisotopic (exact) mass is 298 g/mol. The first kappa shape index (κ1) is 14.6. The Morgan fingerprint density at radius 2 is 1.95 bits per heavy atom. The molecule has 0 amide bonds. The lowest BCUT2D eigenvalue weighted by Crippen LogP contribution is -2.33. The molecule has 1 aromatic carbocycles. The standard InChI is InChI=1S/C17H22N4O/c1-13-8-11-21(12-9-13)16-7-10-18-17(20-16)19-14-5-3-4-6-15(14)22-2/h3-7,10,13H,8-9,11-12H2,1-2H3,(H,18,19,20). The third-order valence-corrected chi connectivity index (χ3v) is 4.10. The van der Waals surface area contributed by atoms with Gasteiger partial charge in [-0.2, -0.15) is 4.98 Å². The van der Waals surface area contributed by atoms with Gasteiger partial charge in [-0.3, -0.25) is 0 Å². The average molecular weight is 298 g/mol. The molecule has 5 heteroatoms. The minimum absolute atomic E-state index is 0.598. The van der Waals surface area contributed by atoms with Gasteiger partial charge in [0.2, 0.25) is 5.95 Å². The minimum atomic E-state index is 0.598. The molecule has 1 aromatic heterocycles. The van der Waals surface area contributed by atoms with Crippen LogP contribution in [0.3, 0.4) is 0 Å². The van der Waals surface area contributed by atoms with Gasteiger partial charge in [-0.25, -0.2) is 4.98 Å². The van der Waals surface area contributed by atoms with Crippen LogP contribution < -0.4 is 15.0 Å². The van der Waals surface area contributed by atoms with Gasteiger partial charge in [-0.05, 0) is 37.0 Å². The lowest BCUT2D eigenvalue weighted by Gasteiger charge is -2.31. The zero-order valence-electron chi connectivity index (χ0n) is 13.1. The number of nitrogens with zero attached hydrogens (tertiary/aromatic N) is 3. The lowest BCUT2D eigenvalue weighted by atomic mass is 9.99. The topological polar surface area (TPSA) is 50.3 Å². The molecule has 0 atom stereocenters. The number of rotatable bonds is 4. The Bertz CT molecular complexity index is 624. The van der Waals surface area contributed by atoms with E-state index in [1.54, 1.807) is 13.3 Å². The summed E-state index contributed by atoms with van der Waals surface area (Å²) in [7, 11) is 1.66. The van der Waals surface area contributed by atoms with Crippen LogP contribution in [0.1, 0.15) is 19.8 Å². The summed E-state index contributed by atoms with van der Waals surface area (Å²) in [5, 5.41) is 3.24. The number of ether oxygens (including phenoxy) is 1. The van der Waals surface area contributed by atoms with E-state index in [0.717, 1.165) is 36.3 Å². The molecule has 0 saturated carbocycles. The highest BCUT2D eigenvalue weighted by Crippen LogP contribution is 2.27. The summed E-state index contributed by atoms with van der Waals surface area (Å²) in [6.07, 6.45) is 4.25. The minimum Gasteiger partial charge on any atom is -0.495 e. The largest absolute Gasteiger partial charge is 0.495 e. The summed E-state index contributed by atoms with van der Waals surface area (Å²) < 4.78 is 5.35. The van der Waals surface area contributed by atoms with Crippen molar-refractivity contribution >= 4 is 17.5 Å². The normalized spacial score (nSPS) is 15.6. The maximum atomic E-state index is 5.35. The smallest absolute Gasteiger partial charge is 0.229 e. The Balaban J connectivity index is 1.76. The molecule has 1 fully saturated rings. The second-order valence-corrected chi connectivity index (χ2v) is 5.73. The third-order valence-electron chi connectivity index (χ3n) is 4.10. The Kier molecular flexibility index (Phi) is 4.42. The zero-order valence-corrected chi connectivity index (χ0v) is 13.1. The Morgan fingerprint density at radius 3 is 2.73 bits per heavy atom. The van der Waals surface area contributed by atoms with Gasteiger partial charge in [-0.15, -0.1) is 0 Å². The van der Waals surface area contributed by atoms with Gasteiger partial charge in [0, 0.05) is 19.3 Å². The van der Waals surface area contributed by atoms with Crippen LogP contribution >= 0.6 is 0 Å². The van der Waals surface area contributed by atoms with Crippen LogP contribution in [-0.4, -0.2) is 30.2 Å². The van der Waals surface area contributed by atoms with Crippen molar-refractivity contribution < 1.29 is 4.74 Å². The van der Waals surface area contributed by atoms with Crippen molar-refractivity contribution in [3.8, 4) is 5.75 Å². The molecule has 5 nitrogen and oxygen atoms in total. The summed E-state index contributed by atoms with van der Waals surface area (Å²) >= 11 is 0. The van der Waals surface area contributed by atoms with E-state index < -0.39 is 0 Å². The number of para-hydroxylation sites is 2. The first-order valence-electron chi connectivity index (χ1n) is 7.74. The molecule has 1 N–H and O–H groups in total. The van der Waals surface area contributed by atoms with Gasteiger partial charge in [-0.1, -0.05) is 19.1 Å². The number of hydrogen-bond donors (Lipinski definition) is 1. The molecule has 2 aromatic rings. The SMILES string of the molecule is COc1ccccc1Nc1nccc(N2CCC(C)CC2)n1. The molecule has 2 heterocycles. The number of benzene rings is 1. The first-order valence-corrected chi connectivity index (χ1v) is 7.74. The van der Waals surface area contributed by atoms with Gasteiger partial charge in [0.05, 0.1) is 12.8 Å². The molecular weight excluding hydrogens is 276 g/mol. The molecule has 0 radical (unpaired) electrons. The lowest BCUT2D eigenvalue weighted by molar-refractivity contribution is 0.417. The predicted molar refractivity (Wildman–Crippen MR) is 88.9 cm³/mol. The number of hydrogen-bond acceptors (Lipinski definition) is 5. The second kappa shape index (κ2) is 6.64. The van der Waals surface area contributed by atoms with Crippen LogP contribution in [0, 0.1) is 5.92 Å². The molecule has 22 heavy (non-hydrogen) atoms. The van der Waals surface area contributed by atoms with E-state index in [0.29, 0.717) is 5.95 Å². The predicted octanol–water partition coefficient (Wildman–Crippen LogP) is 3.47. The molecule has 0 spiro atoms. The van der Waals surface area contributed by atoms with E-state index >= 15 is 0 Å². The highest BCUT2D eigenvalue weighted by molar-refractivity contribution is 5.63. The molecular formula is C17H22N4O. The number of nitrogens with one attached hydrogen (secondary N) is 1. The fourth-order valence-corrected chi connectivity index (χ4v) is 2.69. The highest BCUT2D eigenvalue weighted by atomic mass is 16.5. The van der Waals surface area contributed by atoms with Gasteiger partial charge < -0.3 is 15.0 Å². The maximum Gasteiger partial charge on any atom is 0.229 e. The number of piperidine rings is 1. The second-order valence-electron chi connectivity index (χ2n) is 5.73. The molecule has 116 valence electrons. The third kappa shape index (κ3) is 3.30. The van der Waals surface area contributed by atoms with E-state index in [4.69, 9.17) is 4.74 Å². The fourth-order valence-electron chi connectivity index (χ4n) is 2.69. The number of aromatic nitrogens is 2. The van der Waals surface area contributed by atoms with Gasteiger partial charge >= 0.3 is 0 Å². The molecule has 3 rings (SSSR count). The van der Waals surface area contributed by atoms with Crippen molar-refractivity contribution in [3.05, 3.63) is 36.5 Å². The van der Waals surface area contributed by atoms with Crippen LogP contribution in [0.15, 0.2) is 36.5 Å². The van der Waals surface area contributed by atoms with Crippen molar-refractivity contribution in [2.75, 3.05) is 30.4 Å². The van der Waals surface area contributed by atoms with E-state index in [1.807, 2.05) is 30.3 Å². The van der Waals surface area contributed by atoms with Crippen molar-refractivity contribution in [3.63, 3.8) is 0 Å². The summed E-state index contributed by atoms with van der Waals surface area (Å²) in [4.78, 5) is 11.3. The van der Waals surface area contributed by atoms with Gasteiger partial charge in [0.25, 0.3) is 0 Å². The Hall–Kier alpha value is -2.30. The number of methoxy groups -OCH3 is 1. The van der Waals surface area contributed by atoms with E-state index in [1.165, 1.54) is 12.8 Å².